The Labute approximate surface area is 111 Å². The summed E-state index contributed by atoms with van der Waals surface area (Å²) in [5, 5.41) is 13.4. The van der Waals surface area contributed by atoms with E-state index in [9.17, 15) is 5.11 Å². The van der Waals surface area contributed by atoms with Gasteiger partial charge >= 0.3 is 0 Å². The fourth-order valence-corrected chi connectivity index (χ4v) is 1.88. The second kappa shape index (κ2) is 5.65. The summed E-state index contributed by atoms with van der Waals surface area (Å²) in [6.07, 6.45) is 0. The minimum atomic E-state index is 0.113. The summed E-state index contributed by atoms with van der Waals surface area (Å²) >= 11 is 5.85. The molecule has 0 aromatic heterocycles. The molecule has 18 heavy (non-hydrogen) atoms. The van der Waals surface area contributed by atoms with Crippen molar-refractivity contribution in [3.05, 3.63) is 53.1 Å². The van der Waals surface area contributed by atoms with Crippen molar-refractivity contribution in [2.24, 2.45) is 0 Å². The number of phenolic OH excluding ortho intramolecular Hbond substituents is 1. The summed E-state index contributed by atoms with van der Waals surface area (Å²) in [6, 6.07) is 12.9. The van der Waals surface area contributed by atoms with Crippen LogP contribution in [0.4, 0.5) is 5.69 Å². The molecule has 0 saturated carbocycles. The molecule has 2 aromatic carbocycles. The highest BCUT2D eigenvalue weighted by atomic mass is 35.5. The third kappa shape index (κ3) is 2.68. The molecule has 0 atom stereocenters. The van der Waals surface area contributed by atoms with Crippen LogP contribution in [0.2, 0.25) is 5.02 Å². The SMILES string of the molecule is COc1ccccc1NCc1cccc(Cl)c1O. The molecule has 0 radical (unpaired) electrons. The zero-order chi connectivity index (χ0) is 13.0. The molecule has 2 rings (SSSR count). The number of ether oxygens (including phenoxy) is 1. The standard InChI is InChI=1S/C14H14ClNO2/c1-18-13-8-3-2-7-12(13)16-9-10-5-4-6-11(15)14(10)17/h2-8,16-17H,9H2,1H3. The van der Waals surface area contributed by atoms with Gasteiger partial charge in [-0.2, -0.15) is 0 Å². The lowest BCUT2D eigenvalue weighted by molar-refractivity contribution is 0.416. The third-order valence-corrected chi connectivity index (χ3v) is 2.95. The topological polar surface area (TPSA) is 41.5 Å². The number of phenols is 1. The Hall–Kier alpha value is -1.87. The lowest BCUT2D eigenvalue weighted by Crippen LogP contribution is -2.01. The van der Waals surface area contributed by atoms with Crippen molar-refractivity contribution in [2.75, 3.05) is 12.4 Å². The Morgan fingerprint density at radius 2 is 1.94 bits per heavy atom. The van der Waals surface area contributed by atoms with E-state index in [0.29, 0.717) is 11.6 Å². The van der Waals surface area contributed by atoms with Gasteiger partial charge in [-0.3, -0.25) is 0 Å². The van der Waals surface area contributed by atoms with Gasteiger partial charge in [0.1, 0.15) is 11.5 Å². The quantitative estimate of drug-likeness (QED) is 0.884. The monoisotopic (exact) mass is 263 g/mol. The molecule has 0 aliphatic rings. The fourth-order valence-electron chi connectivity index (χ4n) is 1.68. The zero-order valence-electron chi connectivity index (χ0n) is 9.98. The van der Waals surface area contributed by atoms with Crippen LogP contribution in [0.15, 0.2) is 42.5 Å². The molecule has 0 unspecified atom stereocenters. The van der Waals surface area contributed by atoms with Gasteiger partial charge in [0, 0.05) is 12.1 Å². The Kier molecular flexibility index (Phi) is 3.95. The molecule has 94 valence electrons. The van der Waals surface area contributed by atoms with Crippen LogP contribution in [-0.2, 0) is 6.54 Å². The second-order valence-corrected chi connectivity index (χ2v) is 4.21. The fraction of sp³-hybridized carbons (Fsp3) is 0.143. The number of benzene rings is 2. The third-order valence-electron chi connectivity index (χ3n) is 2.65. The van der Waals surface area contributed by atoms with Gasteiger partial charge in [-0.15, -0.1) is 0 Å². The van der Waals surface area contributed by atoms with Crippen LogP contribution in [0.25, 0.3) is 0 Å². The predicted octanol–water partition coefficient (Wildman–Crippen LogP) is 3.67. The second-order valence-electron chi connectivity index (χ2n) is 3.80. The molecule has 0 saturated heterocycles. The maximum Gasteiger partial charge on any atom is 0.141 e. The molecule has 0 heterocycles. The highest BCUT2D eigenvalue weighted by Gasteiger charge is 2.06. The van der Waals surface area contributed by atoms with E-state index in [-0.39, 0.29) is 5.75 Å². The summed E-state index contributed by atoms with van der Waals surface area (Å²) in [6.45, 7) is 0.479. The van der Waals surface area contributed by atoms with E-state index >= 15 is 0 Å². The Morgan fingerprint density at radius 1 is 1.17 bits per heavy atom. The number of halogens is 1. The Morgan fingerprint density at radius 3 is 2.72 bits per heavy atom. The van der Waals surface area contributed by atoms with Crippen molar-refractivity contribution in [1.29, 1.82) is 0 Å². The molecular formula is C14H14ClNO2. The summed E-state index contributed by atoms with van der Waals surface area (Å²) in [4.78, 5) is 0. The van der Waals surface area contributed by atoms with Gasteiger partial charge in [0.2, 0.25) is 0 Å². The van der Waals surface area contributed by atoms with Crippen molar-refractivity contribution in [2.45, 2.75) is 6.54 Å². The van der Waals surface area contributed by atoms with Crippen LogP contribution in [0, 0.1) is 0 Å². The first-order chi connectivity index (χ1) is 8.72. The summed E-state index contributed by atoms with van der Waals surface area (Å²) in [5.41, 5.74) is 1.62. The number of aromatic hydroxyl groups is 1. The molecular weight excluding hydrogens is 250 g/mol. The van der Waals surface area contributed by atoms with Crippen molar-refractivity contribution < 1.29 is 9.84 Å². The molecule has 2 aromatic rings. The lowest BCUT2D eigenvalue weighted by Gasteiger charge is -2.12. The van der Waals surface area contributed by atoms with Crippen LogP contribution in [-0.4, -0.2) is 12.2 Å². The average Bonchev–Trinajstić information content (AvgIpc) is 2.41. The number of para-hydroxylation sites is 3. The van der Waals surface area contributed by atoms with Crippen LogP contribution >= 0.6 is 11.6 Å². The summed E-state index contributed by atoms with van der Waals surface area (Å²) in [5.74, 6) is 0.876. The van der Waals surface area contributed by atoms with E-state index in [2.05, 4.69) is 5.32 Å². The van der Waals surface area contributed by atoms with Crippen LogP contribution in [0.3, 0.4) is 0 Å². The number of hydrogen-bond acceptors (Lipinski definition) is 3. The molecule has 0 aliphatic carbocycles. The van der Waals surface area contributed by atoms with Gasteiger partial charge < -0.3 is 15.2 Å². The summed E-state index contributed by atoms with van der Waals surface area (Å²) in [7, 11) is 1.62. The molecule has 0 spiro atoms. The number of anilines is 1. The van der Waals surface area contributed by atoms with Crippen LogP contribution < -0.4 is 10.1 Å². The van der Waals surface area contributed by atoms with Crippen LogP contribution in [0.5, 0.6) is 11.5 Å². The van der Waals surface area contributed by atoms with Crippen LogP contribution in [0.1, 0.15) is 5.56 Å². The number of rotatable bonds is 4. The molecule has 0 amide bonds. The Bertz CT molecular complexity index is 543. The highest BCUT2D eigenvalue weighted by Crippen LogP contribution is 2.29. The van der Waals surface area contributed by atoms with E-state index in [1.165, 1.54) is 0 Å². The number of nitrogens with one attached hydrogen (secondary N) is 1. The minimum Gasteiger partial charge on any atom is -0.506 e. The first kappa shape index (κ1) is 12.6. The molecule has 0 fully saturated rings. The molecule has 0 aliphatic heterocycles. The smallest absolute Gasteiger partial charge is 0.141 e. The maximum absolute atomic E-state index is 9.80. The van der Waals surface area contributed by atoms with E-state index < -0.39 is 0 Å². The number of methoxy groups -OCH3 is 1. The molecule has 4 heteroatoms. The lowest BCUT2D eigenvalue weighted by atomic mass is 10.2. The number of hydrogen-bond donors (Lipinski definition) is 2. The van der Waals surface area contributed by atoms with Crippen molar-refractivity contribution >= 4 is 17.3 Å². The summed E-state index contributed by atoms with van der Waals surface area (Å²) < 4.78 is 5.24. The van der Waals surface area contributed by atoms with Gasteiger partial charge in [-0.25, -0.2) is 0 Å². The van der Waals surface area contributed by atoms with Crippen molar-refractivity contribution in [3.63, 3.8) is 0 Å². The van der Waals surface area contributed by atoms with E-state index in [4.69, 9.17) is 16.3 Å². The van der Waals surface area contributed by atoms with E-state index in [1.54, 1.807) is 19.2 Å². The van der Waals surface area contributed by atoms with Gasteiger partial charge in [0.15, 0.2) is 0 Å². The first-order valence-electron chi connectivity index (χ1n) is 5.55. The minimum absolute atomic E-state index is 0.113. The Balaban J connectivity index is 2.14. The van der Waals surface area contributed by atoms with E-state index in [1.807, 2.05) is 30.3 Å². The molecule has 3 nitrogen and oxygen atoms in total. The first-order valence-corrected chi connectivity index (χ1v) is 5.93. The normalized spacial score (nSPS) is 10.1. The zero-order valence-corrected chi connectivity index (χ0v) is 10.7. The van der Waals surface area contributed by atoms with Gasteiger partial charge in [-0.1, -0.05) is 35.9 Å². The molecule has 0 bridgehead atoms. The van der Waals surface area contributed by atoms with Gasteiger partial charge in [0.25, 0.3) is 0 Å². The van der Waals surface area contributed by atoms with Gasteiger partial charge in [0.05, 0.1) is 17.8 Å². The largest absolute Gasteiger partial charge is 0.506 e. The van der Waals surface area contributed by atoms with E-state index in [0.717, 1.165) is 17.0 Å². The maximum atomic E-state index is 9.80. The molecule has 2 N–H and O–H groups in total. The van der Waals surface area contributed by atoms with Gasteiger partial charge in [-0.05, 0) is 18.2 Å². The van der Waals surface area contributed by atoms with Crippen molar-refractivity contribution in [1.82, 2.24) is 0 Å². The average molecular weight is 264 g/mol. The van der Waals surface area contributed by atoms with Crippen molar-refractivity contribution in [3.8, 4) is 11.5 Å². The predicted molar refractivity (Wildman–Crippen MR) is 73.4 cm³/mol. The highest BCUT2D eigenvalue weighted by molar-refractivity contribution is 6.32.